The summed E-state index contributed by atoms with van der Waals surface area (Å²) < 4.78 is 49.9. The Bertz CT molecular complexity index is 1320. The molecule has 7 heteroatoms. The molecular formula is C23H17NO5S. The SMILES string of the molecule is O=S(=O)([O-])c1cccc2c1C1c3cccc[n+]3C2CC1(c1ccoc1)c1ccoc1. The second-order valence-corrected chi connectivity index (χ2v) is 9.24. The topological polar surface area (TPSA) is 87.4 Å². The minimum atomic E-state index is -4.66. The van der Waals surface area contributed by atoms with Crippen LogP contribution in [0.4, 0.5) is 0 Å². The quantitative estimate of drug-likeness (QED) is 0.375. The molecule has 4 aromatic rings. The summed E-state index contributed by atoms with van der Waals surface area (Å²) in [6, 6.07) is 14.6. The van der Waals surface area contributed by atoms with E-state index in [1.165, 1.54) is 6.07 Å². The fraction of sp³-hybridized carbons (Fsp3) is 0.174. The Morgan fingerprint density at radius 1 is 0.967 bits per heavy atom. The molecule has 0 radical (unpaired) electrons. The lowest BCUT2D eigenvalue weighted by Crippen LogP contribution is -2.60. The van der Waals surface area contributed by atoms with E-state index >= 15 is 0 Å². The monoisotopic (exact) mass is 419 g/mol. The van der Waals surface area contributed by atoms with E-state index in [4.69, 9.17) is 8.83 Å². The third kappa shape index (κ3) is 2.16. The molecule has 0 saturated heterocycles. The molecule has 1 aromatic carbocycles. The summed E-state index contributed by atoms with van der Waals surface area (Å²) in [5, 5.41) is 0. The molecule has 0 N–H and O–H groups in total. The van der Waals surface area contributed by atoms with Gasteiger partial charge in [-0.3, -0.25) is 0 Å². The molecule has 150 valence electrons. The van der Waals surface area contributed by atoms with Gasteiger partial charge in [0.25, 0.3) is 0 Å². The molecule has 2 atom stereocenters. The molecule has 7 rings (SSSR count). The Balaban J connectivity index is 1.77. The molecule has 2 aliphatic heterocycles. The Morgan fingerprint density at radius 3 is 2.33 bits per heavy atom. The highest BCUT2D eigenvalue weighted by Crippen LogP contribution is 2.60. The van der Waals surface area contributed by atoms with Gasteiger partial charge in [0.15, 0.2) is 17.9 Å². The van der Waals surface area contributed by atoms with Crippen LogP contribution in [0.25, 0.3) is 0 Å². The first-order valence-corrected chi connectivity index (χ1v) is 11.1. The molecule has 1 aliphatic carbocycles. The standard InChI is InChI=1S/C23H17NO5S/c25-30(26,27)20-6-3-4-17-19-12-23(15-7-10-28-13-15,16-8-11-29-14-16)22(21(17)20)18-5-1-2-9-24(18)19/h1-11,13-14,19,22H,12H2. The number of pyridine rings is 1. The second kappa shape index (κ2) is 5.93. The molecule has 30 heavy (non-hydrogen) atoms. The normalized spacial score (nSPS) is 21.2. The van der Waals surface area contributed by atoms with Gasteiger partial charge in [-0.25, -0.2) is 8.42 Å². The highest BCUT2D eigenvalue weighted by molar-refractivity contribution is 7.85. The van der Waals surface area contributed by atoms with Gasteiger partial charge in [-0.05, 0) is 23.8 Å². The predicted octanol–water partition coefficient (Wildman–Crippen LogP) is 3.49. The minimum absolute atomic E-state index is 0.132. The van der Waals surface area contributed by atoms with Gasteiger partial charge >= 0.3 is 0 Å². The van der Waals surface area contributed by atoms with Crippen LogP contribution in [0.5, 0.6) is 0 Å². The van der Waals surface area contributed by atoms with Crippen LogP contribution in [-0.4, -0.2) is 13.0 Å². The number of hydrogen-bond acceptors (Lipinski definition) is 5. The van der Waals surface area contributed by atoms with Crippen molar-refractivity contribution in [1.82, 2.24) is 0 Å². The van der Waals surface area contributed by atoms with Gasteiger partial charge in [0.2, 0.25) is 0 Å². The van der Waals surface area contributed by atoms with Crippen LogP contribution in [0.2, 0.25) is 0 Å². The van der Waals surface area contributed by atoms with Crippen molar-refractivity contribution in [2.45, 2.75) is 28.7 Å². The Labute approximate surface area is 173 Å². The smallest absolute Gasteiger partial charge is 0.190 e. The molecule has 2 unspecified atom stereocenters. The van der Waals surface area contributed by atoms with E-state index in [2.05, 4.69) is 4.57 Å². The highest BCUT2D eigenvalue weighted by Gasteiger charge is 2.60. The number of hydrogen-bond donors (Lipinski definition) is 0. The predicted molar refractivity (Wildman–Crippen MR) is 104 cm³/mol. The number of furan rings is 2. The van der Waals surface area contributed by atoms with E-state index in [0.29, 0.717) is 12.0 Å². The molecule has 3 aromatic heterocycles. The number of benzene rings is 1. The van der Waals surface area contributed by atoms with Crippen LogP contribution >= 0.6 is 0 Å². The van der Waals surface area contributed by atoms with Crippen molar-refractivity contribution in [3.05, 3.63) is 108 Å². The first-order chi connectivity index (χ1) is 14.5. The zero-order chi connectivity index (χ0) is 20.5. The van der Waals surface area contributed by atoms with Crippen molar-refractivity contribution in [3.63, 3.8) is 0 Å². The minimum Gasteiger partial charge on any atom is -0.744 e. The Morgan fingerprint density at radius 2 is 1.70 bits per heavy atom. The highest BCUT2D eigenvalue weighted by atomic mass is 32.2. The van der Waals surface area contributed by atoms with E-state index in [9.17, 15) is 13.0 Å². The fourth-order valence-corrected chi connectivity index (χ4v) is 6.33. The molecule has 0 spiro atoms. The molecule has 6 nitrogen and oxygen atoms in total. The fourth-order valence-electron chi connectivity index (χ4n) is 5.58. The third-order valence-corrected chi connectivity index (χ3v) is 7.55. The molecule has 0 saturated carbocycles. The van der Waals surface area contributed by atoms with Crippen molar-refractivity contribution in [1.29, 1.82) is 0 Å². The van der Waals surface area contributed by atoms with Gasteiger partial charge in [-0.15, -0.1) is 0 Å². The van der Waals surface area contributed by atoms with E-state index in [1.807, 2.05) is 42.6 Å². The molecular weight excluding hydrogens is 402 g/mol. The van der Waals surface area contributed by atoms with Crippen molar-refractivity contribution in [2.75, 3.05) is 0 Å². The first-order valence-electron chi connectivity index (χ1n) is 9.66. The first kappa shape index (κ1) is 17.7. The number of aromatic nitrogens is 1. The van der Waals surface area contributed by atoms with Crippen molar-refractivity contribution in [2.24, 2.45) is 0 Å². The Kier molecular flexibility index (Phi) is 3.50. The molecule has 2 bridgehead atoms. The maximum atomic E-state index is 12.3. The summed E-state index contributed by atoms with van der Waals surface area (Å²) in [5.41, 5.74) is 3.65. The largest absolute Gasteiger partial charge is 0.744 e. The van der Waals surface area contributed by atoms with Gasteiger partial charge < -0.3 is 13.4 Å². The lowest BCUT2D eigenvalue weighted by atomic mass is 9.54. The lowest BCUT2D eigenvalue weighted by Gasteiger charge is -2.49. The lowest BCUT2D eigenvalue weighted by molar-refractivity contribution is -0.732. The summed E-state index contributed by atoms with van der Waals surface area (Å²) in [7, 11) is -4.66. The van der Waals surface area contributed by atoms with Gasteiger partial charge in [0.1, 0.15) is 10.1 Å². The maximum absolute atomic E-state index is 12.3. The number of rotatable bonds is 3. The van der Waals surface area contributed by atoms with Crippen LogP contribution in [0.3, 0.4) is 0 Å². The summed E-state index contributed by atoms with van der Waals surface area (Å²) in [6.45, 7) is 0. The van der Waals surface area contributed by atoms with Gasteiger partial charge in [0, 0.05) is 35.2 Å². The zero-order valence-corrected chi connectivity index (χ0v) is 16.6. The van der Waals surface area contributed by atoms with Crippen LogP contribution in [0, 0.1) is 0 Å². The van der Waals surface area contributed by atoms with Crippen molar-refractivity contribution in [3.8, 4) is 0 Å². The molecule has 5 heterocycles. The Hall–Kier alpha value is -3.16. The number of nitrogens with zero attached hydrogens (tertiary/aromatic N) is 1. The van der Waals surface area contributed by atoms with E-state index < -0.39 is 21.5 Å². The van der Waals surface area contributed by atoms with E-state index in [-0.39, 0.29) is 10.9 Å². The van der Waals surface area contributed by atoms with Gasteiger partial charge in [-0.1, -0.05) is 18.2 Å². The second-order valence-electron chi connectivity index (χ2n) is 7.89. The summed E-state index contributed by atoms with van der Waals surface area (Å²) in [6.07, 6.45) is 9.35. The van der Waals surface area contributed by atoms with Crippen LogP contribution < -0.4 is 4.57 Å². The number of fused-ring (bicyclic) bond motifs is 1. The van der Waals surface area contributed by atoms with Crippen LogP contribution in [0.15, 0.2) is 93.5 Å². The van der Waals surface area contributed by atoms with Crippen molar-refractivity contribution >= 4 is 10.1 Å². The van der Waals surface area contributed by atoms with Crippen molar-refractivity contribution < 1.29 is 26.4 Å². The van der Waals surface area contributed by atoms with Gasteiger partial charge in [-0.2, -0.15) is 4.57 Å². The molecule has 0 fully saturated rings. The summed E-state index contributed by atoms with van der Waals surface area (Å²) >= 11 is 0. The van der Waals surface area contributed by atoms with Gasteiger partial charge in [0.05, 0.1) is 41.3 Å². The summed E-state index contributed by atoms with van der Waals surface area (Å²) in [5.74, 6) is -0.395. The molecule has 3 aliphatic rings. The average Bonchev–Trinajstić information content (AvgIpc) is 3.47. The molecule has 0 amide bonds. The van der Waals surface area contributed by atoms with Crippen LogP contribution in [-0.2, 0) is 15.5 Å². The van der Waals surface area contributed by atoms with E-state index in [1.54, 1.807) is 31.1 Å². The zero-order valence-electron chi connectivity index (χ0n) is 15.8. The maximum Gasteiger partial charge on any atom is 0.190 e. The summed E-state index contributed by atoms with van der Waals surface area (Å²) in [4.78, 5) is -0.152. The van der Waals surface area contributed by atoms with E-state index in [0.717, 1.165) is 22.4 Å². The third-order valence-electron chi connectivity index (χ3n) is 6.65. The average molecular weight is 419 g/mol. The van der Waals surface area contributed by atoms with Crippen LogP contribution in [0.1, 0.15) is 46.3 Å².